The molecule has 2 aliphatic heterocycles. The SMILES string of the molecule is CC1CC(N2CCO[C@H]3CNC[C@H]32)C1. The Labute approximate surface area is 85.8 Å². The molecule has 80 valence electrons. The molecular weight excluding hydrogens is 176 g/mol. The molecule has 2 heterocycles. The molecule has 3 fully saturated rings. The summed E-state index contributed by atoms with van der Waals surface area (Å²) in [6.07, 6.45) is 3.28. The van der Waals surface area contributed by atoms with Crippen molar-refractivity contribution in [3.63, 3.8) is 0 Å². The Morgan fingerprint density at radius 2 is 2.14 bits per heavy atom. The van der Waals surface area contributed by atoms with Crippen LogP contribution in [0.5, 0.6) is 0 Å². The maximum absolute atomic E-state index is 5.77. The van der Waals surface area contributed by atoms with Gasteiger partial charge >= 0.3 is 0 Å². The zero-order chi connectivity index (χ0) is 9.54. The second kappa shape index (κ2) is 3.47. The van der Waals surface area contributed by atoms with Gasteiger partial charge in [-0.15, -0.1) is 0 Å². The molecule has 1 saturated carbocycles. The number of ether oxygens (including phenoxy) is 1. The van der Waals surface area contributed by atoms with Crippen molar-refractivity contribution in [1.29, 1.82) is 0 Å². The molecular formula is C11H20N2O. The summed E-state index contributed by atoms with van der Waals surface area (Å²) >= 11 is 0. The van der Waals surface area contributed by atoms with E-state index < -0.39 is 0 Å². The smallest absolute Gasteiger partial charge is 0.0867 e. The van der Waals surface area contributed by atoms with E-state index in [4.69, 9.17) is 4.74 Å². The molecule has 3 heteroatoms. The summed E-state index contributed by atoms with van der Waals surface area (Å²) < 4.78 is 5.77. The molecule has 0 aromatic carbocycles. The minimum absolute atomic E-state index is 0.472. The predicted octanol–water partition coefficient (Wildman–Crippen LogP) is 0.458. The van der Waals surface area contributed by atoms with Crippen molar-refractivity contribution < 1.29 is 4.74 Å². The van der Waals surface area contributed by atoms with Crippen molar-refractivity contribution in [3.05, 3.63) is 0 Å². The maximum Gasteiger partial charge on any atom is 0.0867 e. The van der Waals surface area contributed by atoms with Crippen LogP contribution in [-0.4, -0.2) is 49.3 Å². The number of rotatable bonds is 1. The van der Waals surface area contributed by atoms with Crippen LogP contribution in [0.15, 0.2) is 0 Å². The number of hydrogen-bond donors (Lipinski definition) is 1. The molecule has 2 saturated heterocycles. The zero-order valence-electron chi connectivity index (χ0n) is 8.91. The van der Waals surface area contributed by atoms with Crippen LogP contribution in [0.25, 0.3) is 0 Å². The van der Waals surface area contributed by atoms with Crippen LogP contribution in [0.4, 0.5) is 0 Å². The first-order valence-electron chi connectivity index (χ1n) is 5.92. The van der Waals surface area contributed by atoms with Crippen LogP contribution in [-0.2, 0) is 4.74 Å². The fraction of sp³-hybridized carbons (Fsp3) is 1.00. The first-order chi connectivity index (χ1) is 6.84. The van der Waals surface area contributed by atoms with Crippen molar-refractivity contribution in [2.45, 2.75) is 38.0 Å². The van der Waals surface area contributed by atoms with Gasteiger partial charge in [0, 0.05) is 31.7 Å². The van der Waals surface area contributed by atoms with Crippen LogP contribution in [0.3, 0.4) is 0 Å². The summed E-state index contributed by atoms with van der Waals surface area (Å²) in [5.74, 6) is 0.954. The first kappa shape index (κ1) is 9.13. The van der Waals surface area contributed by atoms with E-state index in [1.165, 1.54) is 12.8 Å². The standard InChI is InChI=1S/C11H20N2O/c1-8-4-9(5-8)13-2-3-14-11-7-12-6-10(11)13/h8-12H,2-7H2,1H3/t8?,9?,10-,11+/m1/s1. The molecule has 0 aromatic heterocycles. The van der Waals surface area contributed by atoms with Gasteiger partial charge in [-0.25, -0.2) is 0 Å². The highest BCUT2D eigenvalue weighted by molar-refractivity contribution is 4.97. The van der Waals surface area contributed by atoms with Gasteiger partial charge in [0.1, 0.15) is 0 Å². The molecule has 0 aromatic rings. The molecule has 0 bridgehead atoms. The Morgan fingerprint density at radius 3 is 2.93 bits per heavy atom. The van der Waals surface area contributed by atoms with Gasteiger partial charge in [0.05, 0.1) is 12.7 Å². The molecule has 2 atom stereocenters. The molecule has 0 radical (unpaired) electrons. The van der Waals surface area contributed by atoms with Gasteiger partial charge in [-0.1, -0.05) is 6.92 Å². The molecule has 14 heavy (non-hydrogen) atoms. The van der Waals surface area contributed by atoms with Crippen molar-refractivity contribution in [1.82, 2.24) is 10.2 Å². The number of fused-ring (bicyclic) bond motifs is 1. The lowest BCUT2D eigenvalue weighted by Crippen LogP contribution is -2.57. The van der Waals surface area contributed by atoms with E-state index in [2.05, 4.69) is 17.1 Å². The maximum atomic E-state index is 5.77. The van der Waals surface area contributed by atoms with Crippen molar-refractivity contribution in [2.75, 3.05) is 26.2 Å². The second-order valence-electron chi connectivity index (χ2n) is 5.10. The zero-order valence-corrected chi connectivity index (χ0v) is 8.91. The Bertz CT molecular complexity index is 215. The number of nitrogens with one attached hydrogen (secondary N) is 1. The molecule has 0 amide bonds. The summed E-state index contributed by atoms with van der Waals surface area (Å²) in [6, 6.07) is 1.53. The van der Waals surface area contributed by atoms with Crippen molar-refractivity contribution >= 4 is 0 Å². The van der Waals surface area contributed by atoms with E-state index in [0.29, 0.717) is 12.1 Å². The highest BCUT2D eigenvalue weighted by atomic mass is 16.5. The third-order valence-corrected chi connectivity index (χ3v) is 4.05. The van der Waals surface area contributed by atoms with E-state index in [0.717, 1.165) is 38.2 Å². The van der Waals surface area contributed by atoms with Crippen molar-refractivity contribution in [2.24, 2.45) is 5.92 Å². The van der Waals surface area contributed by atoms with Crippen LogP contribution in [0.1, 0.15) is 19.8 Å². The molecule has 0 spiro atoms. The summed E-state index contributed by atoms with van der Waals surface area (Å²) in [5, 5.41) is 3.44. The van der Waals surface area contributed by atoms with Crippen LogP contribution < -0.4 is 5.32 Å². The second-order valence-corrected chi connectivity index (χ2v) is 5.10. The fourth-order valence-electron chi connectivity index (χ4n) is 3.20. The topological polar surface area (TPSA) is 24.5 Å². The molecule has 1 N–H and O–H groups in total. The normalized spacial score (nSPS) is 48.6. The number of morpholine rings is 1. The highest BCUT2D eigenvalue weighted by Gasteiger charge is 2.42. The third-order valence-electron chi connectivity index (χ3n) is 4.05. The lowest BCUT2D eigenvalue weighted by Gasteiger charge is -2.48. The van der Waals surface area contributed by atoms with Gasteiger partial charge in [-0.3, -0.25) is 4.90 Å². The quantitative estimate of drug-likeness (QED) is 0.659. The third kappa shape index (κ3) is 1.38. The number of nitrogens with zero attached hydrogens (tertiary/aromatic N) is 1. The van der Waals surface area contributed by atoms with Crippen molar-refractivity contribution in [3.8, 4) is 0 Å². The molecule has 0 unspecified atom stereocenters. The fourth-order valence-corrected chi connectivity index (χ4v) is 3.20. The van der Waals surface area contributed by atoms with E-state index in [1.807, 2.05) is 0 Å². The lowest BCUT2D eigenvalue weighted by atomic mass is 9.80. The van der Waals surface area contributed by atoms with Crippen LogP contribution >= 0.6 is 0 Å². The Morgan fingerprint density at radius 1 is 1.29 bits per heavy atom. The van der Waals surface area contributed by atoms with Gasteiger partial charge in [-0.05, 0) is 18.8 Å². The Hall–Kier alpha value is -0.120. The summed E-state index contributed by atoms with van der Waals surface area (Å²) in [5.41, 5.74) is 0. The van der Waals surface area contributed by atoms with Crippen LogP contribution in [0.2, 0.25) is 0 Å². The average Bonchev–Trinajstić information content (AvgIpc) is 2.60. The Kier molecular flexibility index (Phi) is 2.26. The predicted molar refractivity (Wildman–Crippen MR) is 55.3 cm³/mol. The van der Waals surface area contributed by atoms with Gasteiger partial charge in [0.25, 0.3) is 0 Å². The summed E-state index contributed by atoms with van der Waals surface area (Å²) in [4.78, 5) is 2.70. The van der Waals surface area contributed by atoms with Gasteiger partial charge in [0.2, 0.25) is 0 Å². The van der Waals surface area contributed by atoms with Gasteiger partial charge in [-0.2, -0.15) is 0 Å². The van der Waals surface area contributed by atoms with E-state index in [-0.39, 0.29) is 0 Å². The Balaban J connectivity index is 1.66. The van der Waals surface area contributed by atoms with Gasteiger partial charge < -0.3 is 10.1 Å². The first-order valence-corrected chi connectivity index (χ1v) is 5.92. The monoisotopic (exact) mass is 196 g/mol. The molecule has 1 aliphatic carbocycles. The minimum atomic E-state index is 0.472. The largest absolute Gasteiger partial charge is 0.374 e. The number of hydrogen-bond acceptors (Lipinski definition) is 3. The molecule has 3 nitrogen and oxygen atoms in total. The van der Waals surface area contributed by atoms with E-state index in [1.54, 1.807) is 0 Å². The van der Waals surface area contributed by atoms with Crippen LogP contribution in [0, 0.1) is 5.92 Å². The summed E-state index contributed by atoms with van der Waals surface area (Å²) in [7, 11) is 0. The average molecular weight is 196 g/mol. The summed E-state index contributed by atoms with van der Waals surface area (Å²) in [6.45, 7) is 6.65. The molecule has 3 aliphatic rings. The minimum Gasteiger partial charge on any atom is -0.374 e. The van der Waals surface area contributed by atoms with E-state index in [9.17, 15) is 0 Å². The highest BCUT2D eigenvalue weighted by Crippen LogP contribution is 2.34. The lowest BCUT2D eigenvalue weighted by molar-refractivity contribution is -0.0831. The van der Waals surface area contributed by atoms with Gasteiger partial charge in [0.15, 0.2) is 0 Å². The molecule has 3 rings (SSSR count). The van der Waals surface area contributed by atoms with E-state index >= 15 is 0 Å².